The van der Waals surface area contributed by atoms with Crippen LogP contribution in [0, 0.1) is 17.8 Å². The van der Waals surface area contributed by atoms with Crippen LogP contribution in [0.3, 0.4) is 0 Å². The minimum atomic E-state index is -0.609. The van der Waals surface area contributed by atoms with Gasteiger partial charge in [0.1, 0.15) is 0 Å². The molecule has 8 N–H and O–H groups in total. The zero-order chi connectivity index (χ0) is 28.4. The highest BCUT2D eigenvalue weighted by molar-refractivity contribution is 5.70. The van der Waals surface area contributed by atoms with Gasteiger partial charge in [-0.15, -0.1) is 0 Å². The van der Waals surface area contributed by atoms with Gasteiger partial charge >= 0.3 is 17.9 Å². The number of aromatic hydroxyl groups is 4. The molecular weight excluding hydrogens is 492 g/mol. The zero-order valence-electron chi connectivity index (χ0n) is 20.7. The SMILES string of the molecule is O=C(O)C1CCCC1.O=C(O)C1CCCC1.O=C(O)C1CCCC1.O=CO.Oc1cc(O)c(O)cc1O. The number of phenolic OH excluding ortho intramolecular Hbond substituents is 4. The first-order valence-corrected chi connectivity index (χ1v) is 12.1. The molecule has 0 radical (unpaired) electrons. The summed E-state index contributed by atoms with van der Waals surface area (Å²) in [6, 6.07) is 1.70. The Balaban J connectivity index is 0.000000452. The molecule has 37 heavy (non-hydrogen) atoms. The van der Waals surface area contributed by atoms with E-state index in [0.717, 1.165) is 89.2 Å². The molecule has 0 heterocycles. The Bertz CT molecular complexity index is 724. The van der Waals surface area contributed by atoms with Crippen molar-refractivity contribution in [2.24, 2.45) is 17.8 Å². The molecule has 3 saturated carbocycles. The standard InChI is InChI=1S/C6H6O4.3C6H10O2.CH2O2/c7-3-1-4(8)6(10)2-5(3)9;3*7-6(8)5-3-1-2-4-5;2-1-3/h1-2,7-10H;3*5H,1-4H2,(H,7,8);1H,(H,2,3). The van der Waals surface area contributed by atoms with E-state index < -0.39 is 40.9 Å². The maximum absolute atomic E-state index is 10.2. The van der Waals surface area contributed by atoms with Gasteiger partial charge in [0.15, 0.2) is 23.0 Å². The average Bonchev–Trinajstić information content (AvgIpc) is 3.63. The van der Waals surface area contributed by atoms with Crippen LogP contribution < -0.4 is 0 Å². The molecule has 0 spiro atoms. The van der Waals surface area contributed by atoms with Gasteiger partial charge in [-0.3, -0.25) is 19.2 Å². The Morgan fingerprint density at radius 2 is 0.703 bits per heavy atom. The molecule has 0 aromatic heterocycles. The average molecular weight is 531 g/mol. The van der Waals surface area contributed by atoms with E-state index in [9.17, 15) is 14.4 Å². The van der Waals surface area contributed by atoms with E-state index in [1.54, 1.807) is 0 Å². The highest BCUT2D eigenvalue weighted by atomic mass is 16.4. The third-order valence-electron chi connectivity index (χ3n) is 6.18. The summed E-state index contributed by atoms with van der Waals surface area (Å²) in [7, 11) is 0. The molecule has 3 aliphatic carbocycles. The molecule has 210 valence electrons. The maximum Gasteiger partial charge on any atom is 0.306 e. The lowest BCUT2D eigenvalue weighted by Crippen LogP contribution is -2.07. The van der Waals surface area contributed by atoms with E-state index >= 15 is 0 Å². The predicted molar refractivity (Wildman–Crippen MR) is 131 cm³/mol. The normalized spacial score (nSPS) is 16.9. The number of carboxylic acid groups (broad SMARTS) is 4. The van der Waals surface area contributed by atoms with Crippen molar-refractivity contribution in [3.8, 4) is 23.0 Å². The molecule has 0 bridgehead atoms. The number of carbonyl (C=O) groups is 4. The molecule has 0 saturated heterocycles. The third-order valence-corrected chi connectivity index (χ3v) is 6.18. The monoisotopic (exact) mass is 530 g/mol. The largest absolute Gasteiger partial charge is 0.504 e. The van der Waals surface area contributed by atoms with Crippen molar-refractivity contribution in [1.29, 1.82) is 0 Å². The van der Waals surface area contributed by atoms with E-state index in [1.807, 2.05) is 0 Å². The summed E-state index contributed by atoms with van der Waals surface area (Å²) in [6.45, 7) is -0.250. The second-order valence-corrected chi connectivity index (χ2v) is 8.89. The molecule has 0 atom stereocenters. The molecular formula is C25H38O12. The van der Waals surface area contributed by atoms with Gasteiger partial charge in [-0.2, -0.15) is 0 Å². The Kier molecular flexibility index (Phi) is 16.7. The van der Waals surface area contributed by atoms with Crippen molar-refractivity contribution in [3.63, 3.8) is 0 Å². The lowest BCUT2D eigenvalue weighted by Gasteiger charge is -1.99. The van der Waals surface area contributed by atoms with E-state index in [4.69, 9.17) is 45.6 Å². The Labute approximate surface area is 214 Å². The lowest BCUT2D eigenvalue weighted by atomic mass is 10.1. The first-order valence-electron chi connectivity index (χ1n) is 12.1. The van der Waals surface area contributed by atoms with Gasteiger partial charge in [0, 0.05) is 12.1 Å². The van der Waals surface area contributed by atoms with E-state index in [2.05, 4.69) is 0 Å². The fourth-order valence-electron chi connectivity index (χ4n) is 4.07. The third kappa shape index (κ3) is 14.5. The van der Waals surface area contributed by atoms with Gasteiger partial charge in [0.2, 0.25) is 0 Å². The van der Waals surface area contributed by atoms with E-state index in [1.165, 1.54) is 0 Å². The van der Waals surface area contributed by atoms with Crippen LogP contribution in [0.25, 0.3) is 0 Å². The van der Waals surface area contributed by atoms with Crippen molar-refractivity contribution in [2.45, 2.75) is 77.0 Å². The molecule has 12 nitrogen and oxygen atoms in total. The highest BCUT2D eigenvalue weighted by Crippen LogP contribution is 2.36. The summed E-state index contributed by atoms with van der Waals surface area (Å²) >= 11 is 0. The van der Waals surface area contributed by atoms with Crippen molar-refractivity contribution in [2.75, 3.05) is 0 Å². The summed E-state index contributed by atoms with van der Waals surface area (Å²) in [6.07, 6.45) is 12.0. The number of carboxylic acids is 3. The molecule has 0 amide bonds. The van der Waals surface area contributed by atoms with Crippen LogP contribution in [-0.2, 0) is 19.2 Å². The van der Waals surface area contributed by atoms with Crippen molar-refractivity contribution in [3.05, 3.63) is 12.1 Å². The van der Waals surface area contributed by atoms with E-state index in [-0.39, 0.29) is 24.2 Å². The summed E-state index contributed by atoms with van der Waals surface area (Å²) in [5.41, 5.74) is 0. The second-order valence-electron chi connectivity index (χ2n) is 8.89. The first kappa shape index (κ1) is 33.3. The van der Waals surface area contributed by atoms with Gasteiger partial charge in [-0.05, 0) is 38.5 Å². The maximum atomic E-state index is 10.2. The lowest BCUT2D eigenvalue weighted by molar-refractivity contribution is -0.142. The second kappa shape index (κ2) is 18.6. The summed E-state index contributed by atoms with van der Waals surface area (Å²) in [5, 5.41) is 66.9. The van der Waals surface area contributed by atoms with Crippen LogP contribution >= 0.6 is 0 Å². The van der Waals surface area contributed by atoms with Crippen LogP contribution in [0.2, 0.25) is 0 Å². The van der Waals surface area contributed by atoms with Gasteiger partial charge in [-0.1, -0.05) is 38.5 Å². The Hall–Kier alpha value is -3.70. The van der Waals surface area contributed by atoms with Gasteiger partial charge in [0.25, 0.3) is 6.47 Å². The molecule has 1 aromatic rings. The van der Waals surface area contributed by atoms with Gasteiger partial charge < -0.3 is 40.9 Å². The molecule has 1 aromatic carbocycles. The van der Waals surface area contributed by atoms with Crippen molar-refractivity contribution >= 4 is 24.4 Å². The summed E-state index contributed by atoms with van der Waals surface area (Å²) < 4.78 is 0. The molecule has 3 aliphatic rings. The molecule has 12 heteroatoms. The van der Waals surface area contributed by atoms with Crippen LogP contribution in [0.1, 0.15) is 77.0 Å². The van der Waals surface area contributed by atoms with Crippen LogP contribution in [0.5, 0.6) is 23.0 Å². The molecule has 0 aliphatic heterocycles. The predicted octanol–water partition coefficient (Wildman–Crippen LogP) is 3.99. The highest BCUT2D eigenvalue weighted by Gasteiger charge is 2.22. The smallest absolute Gasteiger partial charge is 0.306 e. The molecule has 0 unspecified atom stereocenters. The van der Waals surface area contributed by atoms with Gasteiger partial charge in [-0.25, -0.2) is 0 Å². The van der Waals surface area contributed by atoms with Gasteiger partial charge in [0.05, 0.1) is 17.8 Å². The fourth-order valence-corrected chi connectivity index (χ4v) is 4.07. The van der Waals surface area contributed by atoms with E-state index in [0.29, 0.717) is 0 Å². The number of phenols is 4. The minimum Gasteiger partial charge on any atom is -0.504 e. The minimum absolute atomic E-state index is 0.0185. The topological polar surface area (TPSA) is 230 Å². The summed E-state index contributed by atoms with van der Waals surface area (Å²) in [5.74, 6) is -3.73. The van der Waals surface area contributed by atoms with Crippen LogP contribution in [0.15, 0.2) is 12.1 Å². The Morgan fingerprint density at radius 3 is 0.811 bits per heavy atom. The molecule has 3 fully saturated rings. The Morgan fingerprint density at radius 1 is 0.541 bits per heavy atom. The molecule has 4 rings (SSSR count). The first-order chi connectivity index (χ1) is 17.4. The number of rotatable bonds is 3. The number of hydrogen-bond donors (Lipinski definition) is 8. The quantitative estimate of drug-likeness (QED) is 0.157. The van der Waals surface area contributed by atoms with Crippen LogP contribution in [0.4, 0.5) is 0 Å². The number of aliphatic carboxylic acids is 3. The number of benzene rings is 1. The number of hydrogen-bond acceptors (Lipinski definition) is 8. The summed E-state index contributed by atoms with van der Waals surface area (Å²) in [4.78, 5) is 39.0. The van der Waals surface area contributed by atoms with Crippen molar-refractivity contribution in [1.82, 2.24) is 0 Å². The zero-order valence-corrected chi connectivity index (χ0v) is 20.7. The fraction of sp³-hybridized carbons (Fsp3) is 0.600. The van der Waals surface area contributed by atoms with Crippen LogP contribution in [-0.4, -0.2) is 65.2 Å². The van der Waals surface area contributed by atoms with Crippen molar-refractivity contribution < 1.29 is 60.0 Å².